The monoisotopic (exact) mass is 422 g/mol. The molecule has 29 heavy (non-hydrogen) atoms. The zero-order valence-corrected chi connectivity index (χ0v) is 18.2. The van der Waals surface area contributed by atoms with Gasteiger partial charge in [0.2, 0.25) is 0 Å². The van der Waals surface area contributed by atoms with Gasteiger partial charge in [-0.05, 0) is 35.4 Å². The predicted octanol–water partition coefficient (Wildman–Crippen LogP) is 5.98. The van der Waals surface area contributed by atoms with Crippen molar-refractivity contribution in [3.63, 3.8) is 0 Å². The van der Waals surface area contributed by atoms with Crippen LogP contribution in [-0.2, 0) is 0 Å². The molecule has 1 atom stereocenters. The van der Waals surface area contributed by atoms with Crippen molar-refractivity contribution in [1.82, 2.24) is 4.90 Å². The van der Waals surface area contributed by atoms with Crippen LogP contribution in [0, 0.1) is 0 Å². The predicted molar refractivity (Wildman–Crippen MR) is 127 cm³/mol. The highest BCUT2D eigenvalue weighted by atomic mass is 35.5. The summed E-state index contributed by atoms with van der Waals surface area (Å²) >= 11 is 8.13. The molecule has 4 heteroatoms. The Morgan fingerprint density at radius 3 is 1.97 bits per heavy atom. The van der Waals surface area contributed by atoms with Crippen molar-refractivity contribution in [3.05, 3.63) is 101 Å². The number of hydrogen-bond donors (Lipinski definition) is 0. The third-order valence-electron chi connectivity index (χ3n) is 5.46. The molecule has 0 aromatic heterocycles. The first kappa shape index (κ1) is 20.3. The van der Waals surface area contributed by atoms with Crippen molar-refractivity contribution in [1.29, 1.82) is 0 Å². The number of thioether (sulfide) groups is 1. The minimum Gasteiger partial charge on any atom is -0.369 e. The van der Waals surface area contributed by atoms with Crippen molar-refractivity contribution in [2.75, 3.05) is 43.4 Å². The van der Waals surface area contributed by atoms with Crippen LogP contribution in [0.15, 0.2) is 84.9 Å². The smallest absolute Gasteiger partial charge is 0.0547 e. The van der Waals surface area contributed by atoms with Crippen LogP contribution in [0.2, 0.25) is 5.02 Å². The number of para-hydroxylation sites is 1. The molecule has 0 radical (unpaired) electrons. The topological polar surface area (TPSA) is 6.48 Å². The van der Waals surface area contributed by atoms with Gasteiger partial charge in [0, 0.05) is 49.2 Å². The molecule has 1 unspecified atom stereocenters. The molecule has 0 bridgehead atoms. The fraction of sp³-hybridized carbons (Fsp3) is 0.280. The molecule has 1 heterocycles. The summed E-state index contributed by atoms with van der Waals surface area (Å²) in [6.45, 7) is 5.60. The van der Waals surface area contributed by atoms with Crippen molar-refractivity contribution >= 4 is 29.1 Å². The number of halogens is 1. The average molecular weight is 423 g/mol. The number of piperazine rings is 1. The number of rotatable bonds is 7. The summed E-state index contributed by atoms with van der Waals surface area (Å²) in [5.41, 5.74) is 4.02. The van der Waals surface area contributed by atoms with E-state index in [9.17, 15) is 0 Å². The quantitative estimate of drug-likeness (QED) is 0.462. The Hall–Kier alpha value is -1.94. The first-order valence-electron chi connectivity index (χ1n) is 10.2. The molecule has 2 nitrogen and oxygen atoms in total. The summed E-state index contributed by atoms with van der Waals surface area (Å²) in [5, 5.41) is 1.14. The van der Waals surface area contributed by atoms with Crippen LogP contribution in [0.3, 0.4) is 0 Å². The lowest BCUT2D eigenvalue weighted by Crippen LogP contribution is -2.47. The minimum atomic E-state index is 0.346. The largest absolute Gasteiger partial charge is 0.369 e. The molecule has 0 aliphatic carbocycles. The first-order valence-corrected chi connectivity index (χ1v) is 11.7. The standard InChI is InChI=1S/C25H27ClN2S/c26-23-13-11-22(12-14-23)25(21-7-3-1-4-8-21)29-20-19-27-15-17-28(18-16-27)24-9-5-2-6-10-24/h1-14,25H,15-20H2. The molecule has 150 valence electrons. The second kappa shape index (κ2) is 10.2. The highest BCUT2D eigenvalue weighted by molar-refractivity contribution is 7.99. The van der Waals surface area contributed by atoms with Gasteiger partial charge in [-0.25, -0.2) is 0 Å². The van der Waals surface area contributed by atoms with E-state index >= 15 is 0 Å². The number of hydrogen-bond acceptors (Lipinski definition) is 3. The molecule has 1 aliphatic heterocycles. The Labute approximate surface area is 183 Å². The van der Waals surface area contributed by atoms with Gasteiger partial charge in [-0.3, -0.25) is 4.90 Å². The zero-order chi connectivity index (χ0) is 19.9. The van der Waals surface area contributed by atoms with Crippen LogP contribution in [0.5, 0.6) is 0 Å². The van der Waals surface area contributed by atoms with Gasteiger partial charge in [0.1, 0.15) is 0 Å². The van der Waals surface area contributed by atoms with Crippen LogP contribution in [0.25, 0.3) is 0 Å². The first-order chi connectivity index (χ1) is 14.3. The molecule has 3 aromatic rings. The average Bonchev–Trinajstić information content (AvgIpc) is 2.79. The van der Waals surface area contributed by atoms with Crippen molar-refractivity contribution in [3.8, 4) is 0 Å². The van der Waals surface area contributed by atoms with Gasteiger partial charge in [-0.15, -0.1) is 11.8 Å². The maximum Gasteiger partial charge on any atom is 0.0547 e. The van der Waals surface area contributed by atoms with E-state index in [1.807, 2.05) is 23.9 Å². The van der Waals surface area contributed by atoms with Crippen LogP contribution in [-0.4, -0.2) is 43.4 Å². The Kier molecular flexibility index (Phi) is 7.15. The molecule has 0 amide bonds. The minimum absolute atomic E-state index is 0.346. The van der Waals surface area contributed by atoms with Crippen LogP contribution in [0.4, 0.5) is 5.69 Å². The van der Waals surface area contributed by atoms with Gasteiger partial charge < -0.3 is 4.90 Å². The maximum absolute atomic E-state index is 6.11. The number of anilines is 1. The van der Waals surface area contributed by atoms with Gasteiger partial charge >= 0.3 is 0 Å². The number of nitrogens with zero attached hydrogens (tertiary/aromatic N) is 2. The summed E-state index contributed by atoms with van der Waals surface area (Å²) in [6.07, 6.45) is 0. The van der Waals surface area contributed by atoms with Crippen LogP contribution < -0.4 is 4.90 Å². The number of benzene rings is 3. The van der Waals surface area contributed by atoms with E-state index in [-0.39, 0.29) is 0 Å². The van der Waals surface area contributed by atoms with Gasteiger partial charge in [-0.2, -0.15) is 0 Å². The van der Waals surface area contributed by atoms with Crippen LogP contribution >= 0.6 is 23.4 Å². The second-order valence-electron chi connectivity index (χ2n) is 7.38. The molecule has 1 fully saturated rings. The summed E-state index contributed by atoms with van der Waals surface area (Å²) in [6, 6.07) is 29.9. The molecular formula is C25H27ClN2S. The molecule has 1 saturated heterocycles. The van der Waals surface area contributed by atoms with E-state index in [1.165, 1.54) is 16.8 Å². The van der Waals surface area contributed by atoms with E-state index in [4.69, 9.17) is 11.6 Å². The molecular weight excluding hydrogens is 396 g/mol. The van der Waals surface area contributed by atoms with Crippen molar-refractivity contribution in [2.24, 2.45) is 0 Å². The summed E-state index contributed by atoms with van der Waals surface area (Å²) in [4.78, 5) is 5.08. The molecule has 0 N–H and O–H groups in total. The van der Waals surface area contributed by atoms with E-state index < -0.39 is 0 Å². The highest BCUT2D eigenvalue weighted by Gasteiger charge is 2.19. The van der Waals surface area contributed by atoms with E-state index in [0.29, 0.717) is 5.25 Å². The molecule has 4 rings (SSSR count). The lowest BCUT2D eigenvalue weighted by molar-refractivity contribution is 0.273. The fourth-order valence-corrected chi connectivity index (χ4v) is 5.24. The molecule has 1 aliphatic rings. The van der Waals surface area contributed by atoms with Gasteiger partial charge in [0.25, 0.3) is 0 Å². The Balaban J connectivity index is 1.32. The van der Waals surface area contributed by atoms with Gasteiger partial charge in [-0.1, -0.05) is 72.3 Å². The van der Waals surface area contributed by atoms with Crippen LogP contribution in [0.1, 0.15) is 16.4 Å². The van der Waals surface area contributed by atoms with E-state index in [1.54, 1.807) is 0 Å². The third kappa shape index (κ3) is 5.57. The third-order valence-corrected chi connectivity index (χ3v) is 7.01. The normalized spacial score (nSPS) is 16.0. The van der Waals surface area contributed by atoms with Crippen molar-refractivity contribution < 1.29 is 0 Å². The van der Waals surface area contributed by atoms with Gasteiger partial charge in [0.05, 0.1) is 5.25 Å². The zero-order valence-electron chi connectivity index (χ0n) is 16.6. The van der Waals surface area contributed by atoms with Crippen molar-refractivity contribution in [2.45, 2.75) is 5.25 Å². The Bertz CT molecular complexity index is 862. The molecule has 0 spiro atoms. The molecule has 3 aromatic carbocycles. The van der Waals surface area contributed by atoms with E-state index in [2.05, 4.69) is 82.6 Å². The lowest BCUT2D eigenvalue weighted by atomic mass is 10.0. The van der Waals surface area contributed by atoms with E-state index in [0.717, 1.165) is 43.5 Å². The molecule has 0 saturated carbocycles. The fourth-order valence-electron chi connectivity index (χ4n) is 3.82. The Morgan fingerprint density at radius 1 is 0.724 bits per heavy atom. The summed E-state index contributed by atoms with van der Waals surface area (Å²) in [5.74, 6) is 1.12. The highest BCUT2D eigenvalue weighted by Crippen LogP contribution is 2.36. The maximum atomic E-state index is 6.11. The van der Waals surface area contributed by atoms with Gasteiger partial charge in [0.15, 0.2) is 0 Å². The second-order valence-corrected chi connectivity index (χ2v) is 9.03. The summed E-state index contributed by atoms with van der Waals surface area (Å²) < 4.78 is 0. The lowest BCUT2D eigenvalue weighted by Gasteiger charge is -2.36. The summed E-state index contributed by atoms with van der Waals surface area (Å²) in [7, 11) is 0. The Morgan fingerprint density at radius 2 is 1.31 bits per heavy atom. The SMILES string of the molecule is Clc1ccc(C(SCCN2CCN(c3ccccc3)CC2)c2ccccc2)cc1.